The van der Waals surface area contributed by atoms with E-state index in [1.165, 1.54) is 12.5 Å². The van der Waals surface area contributed by atoms with Gasteiger partial charge in [0.25, 0.3) is 15.9 Å². The standard InChI is InChI=1S/C23H27BrN2O3S/c1-22(2)16-11-12-23(3,14-16)21(22)25-20(27)15-9-10-18(24)19(13-15)30(28,29)26-17-7-5-4-6-8-17/h4-10,13,16,21,26H,11-12,14H2,1-3H3,(H,25,27)/t16-,21?,23+/m1/s1. The lowest BCUT2D eigenvalue weighted by Gasteiger charge is -2.43. The van der Waals surface area contributed by atoms with E-state index in [1.54, 1.807) is 36.4 Å². The minimum atomic E-state index is -3.85. The van der Waals surface area contributed by atoms with E-state index in [2.05, 4.69) is 46.7 Å². The summed E-state index contributed by atoms with van der Waals surface area (Å²) in [5, 5.41) is 3.24. The molecule has 30 heavy (non-hydrogen) atoms. The van der Waals surface area contributed by atoms with Crippen LogP contribution in [0.5, 0.6) is 0 Å². The first-order valence-corrected chi connectivity index (χ1v) is 12.5. The van der Waals surface area contributed by atoms with Gasteiger partial charge in [-0.2, -0.15) is 0 Å². The van der Waals surface area contributed by atoms with Gasteiger partial charge < -0.3 is 5.32 Å². The lowest BCUT2D eigenvalue weighted by Crippen LogP contribution is -2.52. The number of nitrogens with one attached hydrogen (secondary N) is 2. The molecule has 5 nitrogen and oxygen atoms in total. The predicted octanol–water partition coefficient (Wildman–Crippen LogP) is 5.19. The van der Waals surface area contributed by atoms with Crippen molar-refractivity contribution >= 4 is 37.5 Å². The first-order chi connectivity index (χ1) is 14.0. The lowest BCUT2D eigenvalue weighted by molar-refractivity contribution is 0.0737. The van der Waals surface area contributed by atoms with E-state index >= 15 is 0 Å². The molecule has 0 radical (unpaired) electrons. The van der Waals surface area contributed by atoms with Gasteiger partial charge in [0.15, 0.2) is 0 Å². The number of hydrogen-bond acceptors (Lipinski definition) is 3. The van der Waals surface area contributed by atoms with Crippen molar-refractivity contribution in [3.63, 3.8) is 0 Å². The van der Waals surface area contributed by atoms with Crippen LogP contribution in [0.25, 0.3) is 0 Å². The molecule has 7 heteroatoms. The number of amides is 1. The van der Waals surface area contributed by atoms with Crippen LogP contribution in [-0.4, -0.2) is 20.4 Å². The Morgan fingerprint density at radius 1 is 1.10 bits per heavy atom. The van der Waals surface area contributed by atoms with Gasteiger partial charge in [-0.15, -0.1) is 0 Å². The molecule has 2 aliphatic rings. The Bertz CT molecular complexity index is 1080. The van der Waals surface area contributed by atoms with Crippen LogP contribution in [0.1, 0.15) is 50.4 Å². The number of rotatable bonds is 5. The molecule has 0 saturated heterocycles. The molecule has 2 aromatic rings. The fourth-order valence-electron chi connectivity index (χ4n) is 5.44. The minimum Gasteiger partial charge on any atom is -0.348 e. The van der Waals surface area contributed by atoms with Crippen molar-refractivity contribution in [3.8, 4) is 0 Å². The van der Waals surface area contributed by atoms with Gasteiger partial charge in [0.1, 0.15) is 4.90 Å². The Balaban J connectivity index is 1.59. The monoisotopic (exact) mass is 490 g/mol. The Morgan fingerprint density at radius 3 is 2.43 bits per heavy atom. The zero-order valence-corrected chi connectivity index (χ0v) is 19.8. The van der Waals surface area contributed by atoms with Crippen LogP contribution in [-0.2, 0) is 10.0 Å². The third-order valence-electron chi connectivity index (χ3n) is 7.05. The van der Waals surface area contributed by atoms with Crippen molar-refractivity contribution in [2.24, 2.45) is 16.7 Å². The summed E-state index contributed by atoms with van der Waals surface area (Å²) in [5.74, 6) is 0.384. The SMILES string of the molecule is CC1(C)C(NC(=O)c2ccc(Br)c(S(=O)(=O)Nc3ccccc3)c2)[C@@]2(C)CC[C@@H]1C2. The summed E-state index contributed by atoms with van der Waals surface area (Å²) in [6.45, 7) is 6.72. The zero-order valence-electron chi connectivity index (χ0n) is 17.4. The van der Waals surface area contributed by atoms with Crippen molar-refractivity contribution in [2.75, 3.05) is 4.72 Å². The number of carbonyl (C=O) groups is 1. The highest BCUT2D eigenvalue weighted by molar-refractivity contribution is 9.10. The average Bonchev–Trinajstić information content (AvgIpc) is 3.17. The van der Waals surface area contributed by atoms with E-state index in [9.17, 15) is 13.2 Å². The van der Waals surface area contributed by atoms with Crippen molar-refractivity contribution in [1.29, 1.82) is 0 Å². The van der Waals surface area contributed by atoms with Crippen LogP contribution >= 0.6 is 15.9 Å². The molecule has 2 aromatic carbocycles. The van der Waals surface area contributed by atoms with E-state index in [0.717, 1.165) is 12.8 Å². The quantitative estimate of drug-likeness (QED) is 0.604. The summed E-state index contributed by atoms with van der Waals surface area (Å²) >= 11 is 3.32. The van der Waals surface area contributed by atoms with E-state index in [0.29, 0.717) is 21.6 Å². The fourth-order valence-corrected chi connectivity index (χ4v) is 7.49. The number of halogens is 1. The van der Waals surface area contributed by atoms with Crippen molar-refractivity contribution in [2.45, 2.75) is 51.0 Å². The predicted molar refractivity (Wildman–Crippen MR) is 122 cm³/mol. The molecule has 0 aliphatic heterocycles. The molecule has 0 heterocycles. The summed E-state index contributed by atoms with van der Waals surface area (Å²) < 4.78 is 28.8. The summed E-state index contributed by atoms with van der Waals surface area (Å²) in [4.78, 5) is 13.2. The van der Waals surface area contributed by atoms with E-state index in [-0.39, 0.29) is 27.7 Å². The molecule has 3 atom stereocenters. The molecule has 2 N–H and O–H groups in total. The van der Waals surface area contributed by atoms with Gasteiger partial charge in [0, 0.05) is 21.8 Å². The van der Waals surface area contributed by atoms with Gasteiger partial charge in [0.2, 0.25) is 0 Å². The van der Waals surface area contributed by atoms with Crippen LogP contribution in [0.3, 0.4) is 0 Å². The number of para-hydroxylation sites is 1. The fraction of sp³-hybridized carbons (Fsp3) is 0.435. The van der Waals surface area contributed by atoms with E-state index in [4.69, 9.17) is 0 Å². The third-order valence-corrected chi connectivity index (χ3v) is 9.43. The summed E-state index contributed by atoms with van der Waals surface area (Å²) in [6, 6.07) is 13.5. The first-order valence-electron chi connectivity index (χ1n) is 10.2. The Morgan fingerprint density at radius 2 is 1.80 bits per heavy atom. The van der Waals surface area contributed by atoms with E-state index in [1.807, 2.05) is 6.07 Å². The minimum absolute atomic E-state index is 0.0296. The maximum atomic E-state index is 13.1. The molecule has 2 saturated carbocycles. The second kappa shape index (κ2) is 7.38. The highest BCUT2D eigenvalue weighted by Crippen LogP contribution is 2.62. The van der Waals surface area contributed by atoms with Gasteiger partial charge in [-0.1, -0.05) is 39.0 Å². The van der Waals surface area contributed by atoms with Crippen LogP contribution in [0.4, 0.5) is 5.69 Å². The van der Waals surface area contributed by atoms with Gasteiger partial charge in [-0.3, -0.25) is 9.52 Å². The smallest absolute Gasteiger partial charge is 0.263 e. The molecule has 1 amide bonds. The number of fused-ring (bicyclic) bond motifs is 2. The van der Waals surface area contributed by atoms with Gasteiger partial charge in [0.05, 0.1) is 0 Å². The van der Waals surface area contributed by atoms with Crippen LogP contribution in [0, 0.1) is 16.7 Å². The number of sulfonamides is 1. The summed E-state index contributed by atoms with van der Waals surface area (Å²) in [5.41, 5.74) is 0.940. The van der Waals surface area contributed by atoms with E-state index < -0.39 is 10.0 Å². The molecule has 0 aromatic heterocycles. The van der Waals surface area contributed by atoms with Gasteiger partial charge >= 0.3 is 0 Å². The van der Waals surface area contributed by atoms with Crippen LogP contribution < -0.4 is 10.0 Å². The normalized spacial score (nSPS) is 27.1. The maximum absolute atomic E-state index is 13.1. The summed E-state index contributed by atoms with van der Waals surface area (Å²) in [6.07, 6.45) is 3.46. The molecule has 2 bridgehead atoms. The lowest BCUT2D eigenvalue weighted by atomic mass is 9.68. The molecule has 1 unspecified atom stereocenters. The topological polar surface area (TPSA) is 75.3 Å². The maximum Gasteiger partial charge on any atom is 0.263 e. The second-order valence-corrected chi connectivity index (χ2v) is 11.9. The number of benzene rings is 2. The largest absolute Gasteiger partial charge is 0.348 e. The molecular formula is C23H27BrN2O3S. The Labute approximate surface area is 186 Å². The highest BCUT2D eigenvalue weighted by atomic mass is 79.9. The molecule has 2 fully saturated rings. The number of carbonyl (C=O) groups excluding carboxylic acids is 1. The third kappa shape index (κ3) is 3.66. The highest BCUT2D eigenvalue weighted by Gasteiger charge is 2.59. The average molecular weight is 491 g/mol. The van der Waals surface area contributed by atoms with Crippen LogP contribution in [0.2, 0.25) is 0 Å². The molecule has 160 valence electrons. The molecule has 2 aliphatic carbocycles. The van der Waals surface area contributed by atoms with Crippen molar-refractivity contribution < 1.29 is 13.2 Å². The molecule has 4 rings (SSSR count). The Hall–Kier alpha value is -1.86. The summed E-state index contributed by atoms with van der Waals surface area (Å²) in [7, 11) is -3.85. The zero-order chi connectivity index (χ0) is 21.7. The second-order valence-electron chi connectivity index (χ2n) is 9.44. The number of anilines is 1. The van der Waals surface area contributed by atoms with Gasteiger partial charge in [-0.25, -0.2) is 8.42 Å². The molecule has 0 spiro atoms. The van der Waals surface area contributed by atoms with Gasteiger partial charge in [-0.05, 0) is 82.3 Å². The van der Waals surface area contributed by atoms with Crippen molar-refractivity contribution in [3.05, 3.63) is 58.6 Å². The van der Waals surface area contributed by atoms with Crippen LogP contribution in [0.15, 0.2) is 57.9 Å². The van der Waals surface area contributed by atoms with Crippen molar-refractivity contribution in [1.82, 2.24) is 5.32 Å². The number of hydrogen-bond donors (Lipinski definition) is 2. The molecular weight excluding hydrogens is 464 g/mol. The Kier molecular flexibility index (Phi) is 5.26. The first kappa shape index (κ1) is 21.4.